The number of thiophene rings is 1. The van der Waals surface area contributed by atoms with Crippen LogP contribution in [0.2, 0.25) is 0 Å². The molecule has 0 bridgehead atoms. The van der Waals surface area contributed by atoms with Crippen LogP contribution >= 0.6 is 11.3 Å². The number of piperazine rings is 1. The van der Waals surface area contributed by atoms with Crippen LogP contribution in [0.25, 0.3) is 21.5 Å². The van der Waals surface area contributed by atoms with Gasteiger partial charge in [0.1, 0.15) is 24.2 Å². The Morgan fingerprint density at radius 1 is 1.09 bits per heavy atom. The van der Waals surface area contributed by atoms with E-state index in [2.05, 4.69) is 36.3 Å². The number of aliphatic hydroxyl groups is 1. The Morgan fingerprint density at radius 3 is 2.72 bits per heavy atom. The van der Waals surface area contributed by atoms with Crippen molar-refractivity contribution >= 4 is 27.5 Å². The first kappa shape index (κ1) is 20.9. The van der Waals surface area contributed by atoms with E-state index in [1.54, 1.807) is 23.7 Å². The highest BCUT2D eigenvalue weighted by atomic mass is 32.1. The summed E-state index contributed by atoms with van der Waals surface area (Å²) in [6, 6.07) is 11.8. The third-order valence-corrected chi connectivity index (χ3v) is 6.59. The van der Waals surface area contributed by atoms with E-state index in [1.807, 2.05) is 42.1 Å². The van der Waals surface area contributed by atoms with Crippen molar-refractivity contribution < 1.29 is 9.84 Å². The quantitative estimate of drug-likeness (QED) is 0.464. The molecule has 1 N–H and O–H groups in total. The number of aromatic nitrogens is 4. The van der Waals surface area contributed by atoms with E-state index in [0.717, 1.165) is 54.7 Å². The Balaban J connectivity index is 1.14. The monoisotopic (exact) mass is 450 g/mol. The lowest BCUT2D eigenvalue weighted by atomic mass is 10.1. The molecule has 4 heterocycles. The second-order valence-corrected chi connectivity index (χ2v) is 8.85. The lowest BCUT2D eigenvalue weighted by Crippen LogP contribution is -2.49. The van der Waals surface area contributed by atoms with Crippen LogP contribution in [-0.4, -0.2) is 75.2 Å². The van der Waals surface area contributed by atoms with Gasteiger partial charge in [-0.1, -0.05) is 12.1 Å². The molecule has 3 aromatic heterocycles. The van der Waals surface area contributed by atoms with Crippen molar-refractivity contribution in [1.29, 1.82) is 0 Å². The van der Waals surface area contributed by atoms with Crippen molar-refractivity contribution in [3.63, 3.8) is 0 Å². The molecule has 1 aliphatic rings. The predicted molar refractivity (Wildman–Crippen MR) is 126 cm³/mol. The molecule has 5 rings (SSSR count). The number of hydrogen-bond acceptors (Lipinski definition) is 8. The minimum atomic E-state index is -0.558. The zero-order chi connectivity index (χ0) is 21.9. The average molecular weight is 451 g/mol. The van der Waals surface area contributed by atoms with Crippen LogP contribution in [0.4, 0.5) is 5.95 Å². The standard InChI is InChI=1S/C23H26N6O2S/c1-27-20-6-13-32-22(20)21(26-27)17-4-2-5-19(14-17)31-16-18(30)15-28-9-11-29(12-10-28)23-24-7-3-8-25-23/h2-8,13-14,18,30H,9-12,15-16H2,1H3/t18-/m1/s1. The summed E-state index contributed by atoms with van der Waals surface area (Å²) in [6.07, 6.45) is 2.97. The summed E-state index contributed by atoms with van der Waals surface area (Å²) in [5, 5.41) is 17.3. The van der Waals surface area contributed by atoms with Gasteiger partial charge in [-0.2, -0.15) is 5.10 Å². The van der Waals surface area contributed by atoms with Gasteiger partial charge in [0, 0.05) is 57.7 Å². The Bertz CT molecular complexity index is 1170. The molecule has 4 aromatic rings. The van der Waals surface area contributed by atoms with Gasteiger partial charge in [-0.05, 0) is 29.6 Å². The Labute approximate surface area is 190 Å². The zero-order valence-electron chi connectivity index (χ0n) is 18.0. The molecule has 8 nitrogen and oxygen atoms in total. The number of anilines is 1. The van der Waals surface area contributed by atoms with Crippen molar-refractivity contribution in [1.82, 2.24) is 24.6 Å². The molecule has 1 aromatic carbocycles. The van der Waals surface area contributed by atoms with E-state index in [1.165, 1.54) is 4.70 Å². The molecule has 0 radical (unpaired) electrons. The van der Waals surface area contributed by atoms with E-state index in [4.69, 9.17) is 4.74 Å². The van der Waals surface area contributed by atoms with Crippen LogP contribution < -0.4 is 9.64 Å². The summed E-state index contributed by atoms with van der Waals surface area (Å²) in [5.74, 6) is 1.51. The smallest absolute Gasteiger partial charge is 0.225 e. The molecule has 0 amide bonds. The average Bonchev–Trinajstić information content (AvgIpc) is 3.43. The zero-order valence-corrected chi connectivity index (χ0v) is 18.8. The van der Waals surface area contributed by atoms with Gasteiger partial charge in [-0.3, -0.25) is 9.58 Å². The van der Waals surface area contributed by atoms with Crippen LogP contribution in [0.15, 0.2) is 54.2 Å². The van der Waals surface area contributed by atoms with E-state index < -0.39 is 6.10 Å². The van der Waals surface area contributed by atoms with Gasteiger partial charge in [-0.25, -0.2) is 9.97 Å². The topological polar surface area (TPSA) is 79.5 Å². The molecule has 0 unspecified atom stereocenters. The summed E-state index contributed by atoms with van der Waals surface area (Å²) >= 11 is 1.69. The first-order valence-electron chi connectivity index (χ1n) is 10.7. The van der Waals surface area contributed by atoms with E-state index in [9.17, 15) is 5.11 Å². The molecule has 9 heteroatoms. The lowest BCUT2D eigenvalue weighted by molar-refractivity contribution is 0.0662. The van der Waals surface area contributed by atoms with Crippen molar-refractivity contribution in [2.75, 3.05) is 44.2 Å². The maximum absolute atomic E-state index is 10.5. The molecule has 1 atom stereocenters. The van der Waals surface area contributed by atoms with Crippen LogP contribution in [0, 0.1) is 0 Å². The molecule has 0 aliphatic carbocycles. The fourth-order valence-corrected chi connectivity index (χ4v) is 4.96. The van der Waals surface area contributed by atoms with E-state index >= 15 is 0 Å². The van der Waals surface area contributed by atoms with Crippen LogP contribution in [0.5, 0.6) is 5.75 Å². The molecule has 1 fully saturated rings. The van der Waals surface area contributed by atoms with Crippen molar-refractivity contribution in [2.24, 2.45) is 7.05 Å². The number of rotatable bonds is 7. The minimum absolute atomic E-state index is 0.252. The molecule has 1 saturated heterocycles. The number of aryl methyl sites for hydroxylation is 1. The highest BCUT2D eigenvalue weighted by Gasteiger charge is 2.21. The molecular formula is C23H26N6O2S. The molecule has 0 spiro atoms. The summed E-state index contributed by atoms with van der Waals surface area (Å²) in [6.45, 7) is 4.26. The van der Waals surface area contributed by atoms with Crippen LogP contribution in [-0.2, 0) is 7.05 Å². The summed E-state index contributed by atoms with van der Waals surface area (Å²) in [4.78, 5) is 13.1. The first-order chi connectivity index (χ1) is 15.7. The highest BCUT2D eigenvalue weighted by Crippen LogP contribution is 2.33. The molecular weight excluding hydrogens is 424 g/mol. The molecule has 166 valence electrons. The predicted octanol–water partition coefficient (Wildman–Crippen LogP) is 2.65. The number of fused-ring (bicyclic) bond motifs is 1. The maximum atomic E-state index is 10.5. The van der Waals surface area contributed by atoms with Crippen molar-refractivity contribution in [3.05, 3.63) is 54.2 Å². The Morgan fingerprint density at radius 2 is 1.91 bits per heavy atom. The Hall–Kier alpha value is -3.01. The summed E-state index contributed by atoms with van der Waals surface area (Å²) < 4.78 is 9.00. The number of benzene rings is 1. The second kappa shape index (κ2) is 9.23. The fraction of sp³-hybridized carbons (Fsp3) is 0.348. The van der Waals surface area contributed by atoms with Gasteiger partial charge < -0.3 is 14.7 Å². The third-order valence-electron chi connectivity index (χ3n) is 5.68. The van der Waals surface area contributed by atoms with Gasteiger partial charge in [0.2, 0.25) is 5.95 Å². The largest absolute Gasteiger partial charge is 0.491 e. The number of β-amino-alcohol motifs (C(OH)–C–C–N with tert-alkyl or cyclic N) is 1. The van der Waals surface area contributed by atoms with E-state index in [-0.39, 0.29) is 6.61 Å². The van der Waals surface area contributed by atoms with Gasteiger partial charge in [0.15, 0.2) is 0 Å². The van der Waals surface area contributed by atoms with Crippen molar-refractivity contribution in [2.45, 2.75) is 6.10 Å². The maximum Gasteiger partial charge on any atom is 0.225 e. The number of nitrogens with zero attached hydrogens (tertiary/aromatic N) is 6. The second-order valence-electron chi connectivity index (χ2n) is 7.94. The highest BCUT2D eigenvalue weighted by molar-refractivity contribution is 7.17. The lowest BCUT2D eigenvalue weighted by Gasteiger charge is -2.35. The fourth-order valence-electron chi connectivity index (χ4n) is 4.03. The molecule has 32 heavy (non-hydrogen) atoms. The first-order valence-corrected chi connectivity index (χ1v) is 11.6. The summed E-state index contributed by atoms with van der Waals surface area (Å²) in [7, 11) is 1.96. The number of ether oxygens (including phenoxy) is 1. The Kier molecular flexibility index (Phi) is 6.02. The van der Waals surface area contributed by atoms with Crippen molar-refractivity contribution in [3.8, 4) is 17.0 Å². The van der Waals surface area contributed by atoms with Gasteiger partial charge >= 0.3 is 0 Å². The third kappa shape index (κ3) is 4.45. The summed E-state index contributed by atoms with van der Waals surface area (Å²) in [5.41, 5.74) is 3.11. The van der Waals surface area contributed by atoms with Gasteiger partial charge in [0.25, 0.3) is 0 Å². The SMILES string of the molecule is Cn1nc(-c2cccc(OC[C@H](O)CN3CCN(c4ncccn4)CC3)c2)c2sccc21. The number of hydrogen-bond donors (Lipinski definition) is 1. The van der Waals surface area contributed by atoms with Gasteiger partial charge in [0.05, 0.1) is 10.2 Å². The minimum Gasteiger partial charge on any atom is -0.491 e. The molecule has 1 aliphatic heterocycles. The van der Waals surface area contributed by atoms with Gasteiger partial charge in [-0.15, -0.1) is 11.3 Å². The normalized spacial score (nSPS) is 15.9. The van der Waals surface area contributed by atoms with Crippen LogP contribution in [0.3, 0.4) is 0 Å². The van der Waals surface area contributed by atoms with Crippen LogP contribution in [0.1, 0.15) is 0 Å². The van der Waals surface area contributed by atoms with E-state index in [0.29, 0.717) is 6.54 Å². The number of aliphatic hydroxyl groups excluding tert-OH is 1. The molecule has 0 saturated carbocycles.